The van der Waals surface area contributed by atoms with E-state index in [1.165, 1.54) is 18.6 Å². The van der Waals surface area contributed by atoms with E-state index in [1.807, 2.05) is 24.3 Å². The van der Waals surface area contributed by atoms with Gasteiger partial charge in [-0.3, -0.25) is 4.79 Å². The molecule has 1 aromatic heterocycles. The molecule has 3 aromatic rings. The first-order valence-electron chi connectivity index (χ1n) is 10.6. The van der Waals surface area contributed by atoms with E-state index in [-0.39, 0.29) is 12.3 Å². The number of aromatic nitrogens is 1. The van der Waals surface area contributed by atoms with E-state index in [2.05, 4.69) is 17.1 Å². The van der Waals surface area contributed by atoms with Crippen molar-refractivity contribution < 1.29 is 22.7 Å². The molecule has 0 bridgehead atoms. The van der Waals surface area contributed by atoms with Crippen LogP contribution in [-0.2, 0) is 11.0 Å². The molecule has 0 aliphatic carbocycles. The van der Waals surface area contributed by atoms with Crippen molar-refractivity contribution in [1.29, 1.82) is 0 Å². The summed E-state index contributed by atoms with van der Waals surface area (Å²) in [5, 5.41) is 3.45. The van der Waals surface area contributed by atoms with E-state index in [1.54, 1.807) is 6.07 Å². The normalized spacial score (nSPS) is 16.8. The standard InChI is InChI=1S/C24H24F3N3O2/c1-16-5-2-3-14-30(16)21-13-8-17-6-4-7-20(23(17)29-21)32-15-22(31)28-19-11-9-18(10-12-19)24(25,26)27/h4,6-13,16H,2-3,5,14-15H2,1H3,(H,28,31)/t16-/m0/s1. The third-order valence-electron chi connectivity index (χ3n) is 5.62. The smallest absolute Gasteiger partial charge is 0.416 e. The van der Waals surface area contributed by atoms with Crippen LogP contribution in [0.5, 0.6) is 5.75 Å². The van der Waals surface area contributed by atoms with Crippen molar-refractivity contribution in [3.63, 3.8) is 0 Å². The molecule has 8 heteroatoms. The Balaban J connectivity index is 1.45. The highest BCUT2D eigenvalue weighted by molar-refractivity contribution is 5.92. The zero-order valence-corrected chi connectivity index (χ0v) is 17.7. The van der Waals surface area contributed by atoms with Crippen LogP contribution in [0.25, 0.3) is 10.9 Å². The van der Waals surface area contributed by atoms with Crippen LogP contribution in [0.15, 0.2) is 54.6 Å². The van der Waals surface area contributed by atoms with Crippen LogP contribution in [0.1, 0.15) is 31.7 Å². The number of pyridine rings is 1. The van der Waals surface area contributed by atoms with Gasteiger partial charge >= 0.3 is 6.18 Å². The maximum Gasteiger partial charge on any atom is 0.416 e. The van der Waals surface area contributed by atoms with Crippen LogP contribution in [0.4, 0.5) is 24.7 Å². The molecule has 0 saturated carbocycles. The van der Waals surface area contributed by atoms with Gasteiger partial charge in [0.05, 0.1) is 5.56 Å². The molecule has 0 radical (unpaired) electrons. The molecule has 2 aromatic carbocycles. The molecule has 32 heavy (non-hydrogen) atoms. The van der Waals surface area contributed by atoms with E-state index >= 15 is 0 Å². The lowest BCUT2D eigenvalue weighted by atomic mass is 10.0. The van der Waals surface area contributed by atoms with Gasteiger partial charge in [-0.1, -0.05) is 12.1 Å². The molecule has 1 atom stereocenters. The largest absolute Gasteiger partial charge is 0.481 e. The molecule has 0 unspecified atom stereocenters. The topological polar surface area (TPSA) is 54.5 Å². The quantitative estimate of drug-likeness (QED) is 0.554. The number of rotatable bonds is 5. The average Bonchev–Trinajstić information content (AvgIpc) is 2.77. The second-order valence-corrected chi connectivity index (χ2v) is 7.95. The number of carbonyl (C=O) groups is 1. The summed E-state index contributed by atoms with van der Waals surface area (Å²) < 4.78 is 43.7. The molecular formula is C24H24F3N3O2. The summed E-state index contributed by atoms with van der Waals surface area (Å²) in [4.78, 5) is 19.4. The van der Waals surface area contributed by atoms with Crippen LogP contribution in [0, 0.1) is 0 Å². The monoisotopic (exact) mass is 443 g/mol. The van der Waals surface area contributed by atoms with Gasteiger partial charge in [0.1, 0.15) is 17.1 Å². The maximum absolute atomic E-state index is 12.7. The highest BCUT2D eigenvalue weighted by Crippen LogP contribution is 2.31. The Morgan fingerprint density at radius 1 is 1.12 bits per heavy atom. The van der Waals surface area contributed by atoms with Gasteiger partial charge in [0.15, 0.2) is 6.61 Å². The summed E-state index contributed by atoms with van der Waals surface area (Å²) in [5.74, 6) is 0.897. The maximum atomic E-state index is 12.7. The van der Waals surface area contributed by atoms with Gasteiger partial charge in [-0.05, 0) is 68.7 Å². The van der Waals surface area contributed by atoms with Gasteiger partial charge in [0.25, 0.3) is 5.91 Å². The fraction of sp³-hybridized carbons (Fsp3) is 0.333. The van der Waals surface area contributed by atoms with Gasteiger partial charge < -0.3 is 15.0 Å². The van der Waals surface area contributed by atoms with Gasteiger partial charge in [-0.2, -0.15) is 13.2 Å². The Morgan fingerprint density at radius 2 is 1.91 bits per heavy atom. The van der Waals surface area contributed by atoms with Crippen LogP contribution in [0.3, 0.4) is 0 Å². The van der Waals surface area contributed by atoms with Crippen molar-refractivity contribution in [2.45, 2.75) is 38.4 Å². The highest BCUT2D eigenvalue weighted by atomic mass is 19.4. The van der Waals surface area contributed by atoms with E-state index < -0.39 is 17.6 Å². The number of anilines is 2. The second kappa shape index (κ2) is 9.06. The predicted octanol–water partition coefficient (Wildman–Crippen LogP) is 5.65. The Hall–Kier alpha value is -3.29. The lowest BCUT2D eigenvalue weighted by Crippen LogP contribution is -2.37. The molecule has 4 rings (SSSR count). The fourth-order valence-electron chi connectivity index (χ4n) is 3.91. The molecule has 5 nitrogen and oxygen atoms in total. The van der Waals surface area contributed by atoms with Gasteiger partial charge in [0, 0.05) is 23.7 Å². The number of para-hydroxylation sites is 1. The summed E-state index contributed by atoms with van der Waals surface area (Å²) in [6.07, 6.45) is -0.945. The van der Waals surface area contributed by atoms with Crippen LogP contribution in [0.2, 0.25) is 0 Å². The molecular weight excluding hydrogens is 419 g/mol. The summed E-state index contributed by atoms with van der Waals surface area (Å²) in [6.45, 7) is 2.86. The number of alkyl halides is 3. The van der Waals surface area contributed by atoms with Crippen LogP contribution >= 0.6 is 0 Å². The Kier molecular flexibility index (Phi) is 6.21. The number of hydrogen-bond acceptors (Lipinski definition) is 4. The first-order chi connectivity index (χ1) is 15.3. The molecule has 168 valence electrons. The van der Waals surface area contributed by atoms with Gasteiger partial charge in [-0.15, -0.1) is 0 Å². The number of carbonyl (C=O) groups excluding carboxylic acids is 1. The number of benzene rings is 2. The van der Waals surface area contributed by atoms with E-state index in [9.17, 15) is 18.0 Å². The number of halogens is 3. The molecule has 2 heterocycles. The zero-order chi connectivity index (χ0) is 22.7. The molecule has 0 spiro atoms. The summed E-state index contributed by atoms with van der Waals surface area (Å²) >= 11 is 0. The lowest BCUT2D eigenvalue weighted by Gasteiger charge is -2.34. The summed E-state index contributed by atoms with van der Waals surface area (Å²) in [5.41, 5.74) is 0.168. The molecule has 1 saturated heterocycles. The number of amides is 1. The van der Waals surface area contributed by atoms with Crippen LogP contribution < -0.4 is 15.0 Å². The first-order valence-corrected chi connectivity index (χ1v) is 10.6. The van der Waals surface area contributed by atoms with Gasteiger partial charge in [0.2, 0.25) is 0 Å². The van der Waals surface area contributed by atoms with E-state index in [0.717, 1.165) is 42.7 Å². The summed E-state index contributed by atoms with van der Waals surface area (Å²) in [7, 11) is 0. The van der Waals surface area contributed by atoms with Crippen molar-refractivity contribution in [1.82, 2.24) is 4.98 Å². The summed E-state index contributed by atoms with van der Waals surface area (Å²) in [6, 6.07) is 14.2. The number of fused-ring (bicyclic) bond motifs is 1. The molecule has 1 fully saturated rings. The first kappa shape index (κ1) is 21.9. The SMILES string of the molecule is C[C@H]1CCCCN1c1ccc2cccc(OCC(=O)Nc3ccc(C(F)(F)F)cc3)c2n1. The van der Waals surface area contributed by atoms with Crippen molar-refractivity contribution in [2.75, 3.05) is 23.4 Å². The van der Waals surface area contributed by atoms with Crippen molar-refractivity contribution in [3.05, 3.63) is 60.2 Å². The Labute approximate surface area is 184 Å². The van der Waals surface area contributed by atoms with Crippen molar-refractivity contribution in [3.8, 4) is 5.75 Å². The minimum absolute atomic E-state index is 0.268. The minimum Gasteiger partial charge on any atom is -0.481 e. The minimum atomic E-state index is -4.42. The van der Waals surface area contributed by atoms with Crippen molar-refractivity contribution in [2.24, 2.45) is 0 Å². The third kappa shape index (κ3) is 4.95. The number of ether oxygens (including phenoxy) is 1. The second-order valence-electron chi connectivity index (χ2n) is 7.95. The molecule has 1 N–H and O–H groups in total. The van der Waals surface area contributed by atoms with Crippen molar-refractivity contribution >= 4 is 28.3 Å². The Morgan fingerprint density at radius 3 is 2.62 bits per heavy atom. The highest BCUT2D eigenvalue weighted by Gasteiger charge is 2.30. The molecule has 1 aliphatic heterocycles. The van der Waals surface area contributed by atoms with Gasteiger partial charge in [-0.25, -0.2) is 4.98 Å². The van der Waals surface area contributed by atoms with Crippen LogP contribution in [-0.4, -0.2) is 30.1 Å². The molecule has 1 amide bonds. The number of nitrogens with one attached hydrogen (secondary N) is 1. The zero-order valence-electron chi connectivity index (χ0n) is 17.7. The van der Waals surface area contributed by atoms with E-state index in [0.29, 0.717) is 17.3 Å². The number of hydrogen-bond donors (Lipinski definition) is 1. The predicted molar refractivity (Wildman–Crippen MR) is 118 cm³/mol. The number of nitrogens with zero attached hydrogens (tertiary/aromatic N) is 2. The average molecular weight is 443 g/mol. The lowest BCUT2D eigenvalue weighted by molar-refractivity contribution is -0.137. The number of piperidine rings is 1. The fourth-order valence-corrected chi connectivity index (χ4v) is 3.91. The Bertz CT molecular complexity index is 1100. The molecule has 1 aliphatic rings. The van der Waals surface area contributed by atoms with E-state index in [4.69, 9.17) is 9.72 Å². The third-order valence-corrected chi connectivity index (χ3v) is 5.62.